The van der Waals surface area contributed by atoms with E-state index < -0.39 is 0 Å². The zero-order valence-electron chi connectivity index (χ0n) is 6.97. The molecule has 0 aliphatic rings. The third kappa shape index (κ3) is 1.60. The van der Waals surface area contributed by atoms with Gasteiger partial charge in [-0.15, -0.1) is 0 Å². The van der Waals surface area contributed by atoms with Gasteiger partial charge in [0.2, 0.25) is 0 Å². The Hall–Kier alpha value is -1.61. The molecule has 0 aliphatic heterocycles. The van der Waals surface area contributed by atoms with Crippen molar-refractivity contribution in [1.82, 2.24) is 5.16 Å². The molecule has 66 valence electrons. The summed E-state index contributed by atoms with van der Waals surface area (Å²) < 4.78 is 4.73. The summed E-state index contributed by atoms with van der Waals surface area (Å²) in [5, 5.41) is 12.7. The summed E-state index contributed by atoms with van der Waals surface area (Å²) in [6.45, 7) is 0.0473. The lowest BCUT2D eigenvalue weighted by Crippen LogP contribution is -1.83. The maximum absolute atomic E-state index is 8.92. The summed E-state index contributed by atoms with van der Waals surface area (Å²) in [6.07, 6.45) is 1.53. The molecule has 0 aliphatic carbocycles. The average Bonchev–Trinajstić information content (AvgIpc) is 2.71. The monoisotopic (exact) mass is 175 g/mol. The van der Waals surface area contributed by atoms with Crippen LogP contribution in [0.15, 0.2) is 41.1 Å². The standard InChI is InChI=1S/C10H9NO2/c12-7-8-2-1-3-9(6-8)10-4-5-13-11-10/h1-6,12H,7H2. The number of hydrogen-bond donors (Lipinski definition) is 1. The molecule has 0 spiro atoms. The molecule has 1 heterocycles. The van der Waals surface area contributed by atoms with Gasteiger partial charge in [-0.1, -0.05) is 23.4 Å². The molecule has 0 bridgehead atoms. The van der Waals surface area contributed by atoms with Crippen molar-refractivity contribution >= 4 is 0 Å². The van der Waals surface area contributed by atoms with E-state index in [0.29, 0.717) is 0 Å². The molecular weight excluding hydrogens is 166 g/mol. The van der Waals surface area contributed by atoms with E-state index in [1.54, 1.807) is 6.07 Å². The summed E-state index contributed by atoms with van der Waals surface area (Å²) in [5.41, 5.74) is 2.62. The molecule has 0 atom stereocenters. The third-order valence-electron chi connectivity index (χ3n) is 1.84. The fraction of sp³-hybridized carbons (Fsp3) is 0.100. The van der Waals surface area contributed by atoms with Gasteiger partial charge in [-0.25, -0.2) is 0 Å². The minimum absolute atomic E-state index is 0.0473. The largest absolute Gasteiger partial charge is 0.392 e. The third-order valence-corrected chi connectivity index (χ3v) is 1.84. The second kappa shape index (κ2) is 3.41. The van der Waals surface area contributed by atoms with Gasteiger partial charge in [0.05, 0.1) is 6.61 Å². The fourth-order valence-electron chi connectivity index (χ4n) is 1.19. The van der Waals surface area contributed by atoms with E-state index in [0.717, 1.165) is 16.8 Å². The van der Waals surface area contributed by atoms with E-state index in [-0.39, 0.29) is 6.61 Å². The van der Waals surface area contributed by atoms with Gasteiger partial charge in [0.1, 0.15) is 12.0 Å². The number of aromatic nitrogens is 1. The van der Waals surface area contributed by atoms with Crippen molar-refractivity contribution < 1.29 is 9.63 Å². The van der Waals surface area contributed by atoms with Gasteiger partial charge in [-0.3, -0.25) is 0 Å². The van der Waals surface area contributed by atoms with E-state index in [2.05, 4.69) is 5.16 Å². The molecule has 0 amide bonds. The lowest BCUT2D eigenvalue weighted by molar-refractivity contribution is 0.282. The van der Waals surface area contributed by atoms with Crippen molar-refractivity contribution in [3.8, 4) is 11.3 Å². The summed E-state index contributed by atoms with van der Waals surface area (Å²) in [6, 6.07) is 9.35. The van der Waals surface area contributed by atoms with Gasteiger partial charge >= 0.3 is 0 Å². The fourth-order valence-corrected chi connectivity index (χ4v) is 1.19. The minimum atomic E-state index is 0.0473. The predicted molar refractivity (Wildman–Crippen MR) is 47.9 cm³/mol. The molecule has 2 rings (SSSR count). The molecule has 0 unspecified atom stereocenters. The molecule has 1 N–H and O–H groups in total. The van der Waals surface area contributed by atoms with Crippen molar-refractivity contribution in [2.24, 2.45) is 0 Å². The van der Waals surface area contributed by atoms with Crippen LogP contribution in [0.1, 0.15) is 5.56 Å². The van der Waals surface area contributed by atoms with E-state index in [1.165, 1.54) is 6.26 Å². The van der Waals surface area contributed by atoms with E-state index in [1.807, 2.05) is 24.3 Å². The highest BCUT2D eigenvalue weighted by Crippen LogP contribution is 2.17. The average molecular weight is 175 g/mol. The van der Waals surface area contributed by atoms with Gasteiger partial charge < -0.3 is 9.63 Å². The van der Waals surface area contributed by atoms with Crippen LogP contribution in [0.25, 0.3) is 11.3 Å². The molecule has 3 nitrogen and oxygen atoms in total. The Labute approximate surface area is 75.6 Å². The van der Waals surface area contributed by atoms with Crippen molar-refractivity contribution in [3.63, 3.8) is 0 Å². The molecular formula is C10H9NO2. The van der Waals surface area contributed by atoms with Crippen LogP contribution in [0.2, 0.25) is 0 Å². The van der Waals surface area contributed by atoms with Crippen LogP contribution >= 0.6 is 0 Å². The Morgan fingerprint density at radius 2 is 2.23 bits per heavy atom. The quantitative estimate of drug-likeness (QED) is 0.757. The molecule has 0 saturated carbocycles. The second-order valence-corrected chi connectivity index (χ2v) is 2.74. The van der Waals surface area contributed by atoms with Gasteiger partial charge in [-0.05, 0) is 11.6 Å². The molecule has 0 fully saturated rings. The number of hydrogen-bond acceptors (Lipinski definition) is 3. The molecule has 3 heteroatoms. The first-order valence-corrected chi connectivity index (χ1v) is 4.01. The Kier molecular flexibility index (Phi) is 2.10. The maximum atomic E-state index is 8.92. The smallest absolute Gasteiger partial charge is 0.124 e. The number of rotatable bonds is 2. The summed E-state index contributed by atoms with van der Waals surface area (Å²) in [4.78, 5) is 0. The Balaban J connectivity index is 2.41. The first-order chi connectivity index (χ1) is 6.40. The molecule has 1 aromatic heterocycles. The molecule has 13 heavy (non-hydrogen) atoms. The van der Waals surface area contributed by atoms with Crippen LogP contribution in [0.5, 0.6) is 0 Å². The molecule has 0 saturated heterocycles. The zero-order valence-corrected chi connectivity index (χ0v) is 6.97. The highest BCUT2D eigenvalue weighted by Gasteiger charge is 2.00. The predicted octanol–water partition coefficient (Wildman–Crippen LogP) is 1.83. The van der Waals surface area contributed by atoms with Crippen LogP contribution in [-0.2, 0) is 6.61 Å². The van der Waals surface area contributed by atoms with Gasteiger partial charge in [0.15, 0.2) is 0 Å². The van der Waals surface area contributed by atoms with Crippen molar-refractivity contribution in [2.45, 2.75) is 6.61 Å². The minimum Gasteiger partial charge on any atom is -0.392 e. The normalized spacial score (nSPS) is 10.2. The highest BCUT2D eigenvalue weighted by molar-refractivity contribution is 5.58. The van der Waals surface area contributed by atoms with Crippen LogP contribution in [0, 0.1) is 0 Å². The van der Waals surface area contributed by atoms with Crippen LogP contribution in [0.4, 0.5) is 0 Å². The molecule has 1 aromatic carbocycles. The summed E-state index contributed by atoms with van der Waals surface area (Å²) in [7, 11) is 0. The Bertz CT molecular complexity index is 382. The maximum Gasteiger partial charge on any atom is 0.124 e. The van der Waals surface area contributed by atoms with Crippen LogP contribution in [-0.4, -0.2) is 10.3 Å². The topological polar surface area (TPSA) is 46.3 Å². The van der Waals surface area contributed by atoms with Gasteiger partial charge in [0.25, 0.3) is 0 Å². The SMILES string of the molecule is OCc1cccc(-c2ccon2)c1. The lowest BCUT2D eigenvalue weighted by Gasteiger charge is -1.98. The highest BCUT2D eigenvalue weighted by atomic mass is 16.5. The lowest BCUT2D eigenvalue weighted by atomic mass is 10.1. The van der Waals surface area contributed by atoms with Gasteiger partial charge in [-0.2, -0.15) is 0 Å². The van der Waals surface area contributed by atoms with E-state index in [9.17, 15) is 0 Å². The van der Waals surface area contributed by atoms with Crippen molar-refractivity contribution in [3.05, 3.63) is 42.2 Å². The van der Waals surface area contributed by atoms with E-state index >= 15 is 0 Å². The van der Waals surface area contributed by atoms with Crippen LogP contribution in [0.3, 0.4) is 0 Å². The number of aliphatic hydroxyl groups excluding tert-OH is 1. The summed E-state index contributed by atoms with van der Waals surface area (Å²) >= 11 is 0. The van der Waals surface area contributed by atoms with Crippen molar-refractivity contribution in [2.75, 3.05) is 0 Å². The first-order valence-electron chi connectivity index (χ1n) is 4.01. The number of nitrogens with zero attached hydrogens (tertiary/aromatic N) is 1. The zero-order chi connectivity index (χ0) is 9.10. The Morgan fingerprint density at radius 3 is 2.92 bits per heavy atom. The molecule has 0 radical (unpaired) electrons. The molecule has 2 aromatic rings. The Morgan fingerprint density at radius 1 is 1.31 bits per heavy atom. The second-order valence-electron chi connectivity index (χ2n) is 2.74. The van der Waals surface area contributed by atoms with Gasteiger partial charge in [0, 0.05) is 11.6 Å². The first kappa shape index (κ1) is 8.01. The number of aliphatic hydroxyl groups is 1. The summed E-state index contributed by atoms with van der Waals surface area (Å²) in [5.74, 6) is 0. The van der Waals surface area contributed by atoms with E-state index in [4.69, 9.17) is 9.63 Å². The number of benzene rings is 1. The van der Waals surface area contributed by atoms with Crippen LogP contribution < -0.4 is 0 Å². The van der Waals surface area contributed by atoms with Crippen molar-refractivity contribution in [1.29, 1.82) is 0 Å².